The van der Waals surface area contributed by atoms with E-state index in [0.29, 0.717) is 10.9 Å². The number of aromatic hydroxyl groups is 1. The lowest BCUT2D eigenvalue weighted by Gasteiger charge is -2.15. The number of rotatable bonds is 5. The van der Waals surface area contributed by atoms with Crippen LogP contribution in [-0.4, -0.2) is 22.2 Å². The average molecular weight is 313 g/mol. The maximum atomic E-state index is 12.6. The summed E-state index contributed by atoms with van der Waals surface area (Å²) in [6, 6.07) is 3.57. The second-order valence-electron chi connectivity index (χ2n) is 5.27. The highest BCUT2D eigenvalue weighted by Gasteiger charge is 2.23. The summed E-state index contributed by atoms with van der Waals surface area (Å²) in [7, 11) is 0. The molecule has 1 N–H and O–H groups in total. The minimum atomic E-state index is -0.870. The Kier molecular flexibility index (Phi) is 4.69. The molecular weight excluding hydrogens is 294 g/mol. The molecule has 0 unspecified atom stereocenters. The molecule has 0 fully saturated rings. The Labute approximate surface area is 134 Å². The van der Waals surface area contributed by atoms with Gasteiger partial charge < -0.3 is 14.4 Å². The fourth-order valence-corrected chi connectivity index (χ4v) is 2.40. The summed E-state index contributed by atoms with van der Waals surface area (Å²) in [6.07, 6.45) is 2.96. The summed E-state index contributed by atoms with van der Waals surface area (Å²) < 4.78 is 6.32. The molecule has 0 spiro atoms. The predicted octanol–water partition coefficient (Wildman–Crippen LogP) is 2.85. The maximum absolute atomic E-state index is 12.6. The van der Waals surface area contributed by atoms with Gasteiger partial charge in [-0.15, -0.1) is 6.58 Å². The largest absolute Gasteiger partial charge is 0.506 e. The number of ether oxygens (including phenoxy) is 1. The number of carbonyl (C=O) groups is 1. The molecule has 5 heteroatoms. The van der Waals surface area contributed by atoms with Crippen LogP contribution in [0.5, 0.6) is 5.75 Å². The number of pyridine rings is 1. The first kappa shape index (κ1) is 16.5. The molecule has 0 atom stereocenters. The van der Waals surface area contributed by atoms with Crippen LogP contribution >= 0.6 is 0 Å². The summed E-state index contributed by atoms with van der Waals surface area (Å²) in [4.78, 5) is 24.8. The molecule has 0 saturated heterocycles. The van der Waals surface area contributed by atoms with Gasteiger partial charge in [-0.05, 0) is 37.1 Å². The molecule has 0 radical (unpaired) electrons. The lowest BCUT2D eigenvalue weighted by molar-refractivity contribution is 0.0544. The molecule has 0 aliphatic heterocycles. The first-order chi connectivity index (χ1) is 10.9. The highest BCUT2D eigenvalue weighted by molar-refractivity contribution is 6.00. The Morgan fingerprint density at radius 3 is 2.52 bits per heavy atom. The van der Waals surface area contributed by atoms with E-state index >= 15 is 0 Å². The molecule has 1 aromatic carbocycles. The smallest absolute Gasteiger partial charge is 0.347 e. The number of aryl methyl sites for hydroxylation is 2. The lowest BCUT2D eigenvalue weighted by atomic mass is 10.0. The van der Waals surface area contributed by atoms with Crippen molar-refractivity contribution in [1.82, 2.24) is 4.57 Å². The molecule has 23 heavy (non-hydrogen) atoms. The zero-order valence-electron chi connectivity index (χ0n) is 13.3. The second-order valence-corrected chi connectivity index (χ2v) is 5.27. The van der Waals surface area contributed by atoms with E-state index in [2.05, 4.69) is 13.2 Å². The second kappa shape index (κ2) is 6.52. The van der Waals surface area contributed by atoms with Crippen LogP contribution < -0.4 is 5.56 Å². The van der Waals surface area contributed by atoms with Crippen LogP contribution in [0.1, 0.15) is 21.5 Å². The van der Waals surface area contributed by atoms with Crippen molar-refractivity contribution in [3.63, 3.8) is 0 Å². The molecule has 0 bridgehead atoms. The van der Waals surface area contributed by atoms with Crippen molar-refractivity contribution in [2.75, 3.05) is 6.61 Å². The van der Waals surface area contributed by atoms with Gasteiger partial charge in [0.25, 0.3) is 5.56 Å². The van der Waals surface area contributed by atoms with Crippen LogP contribution in [0.15, 0.2) is 42.2 Å². The molecule has 120 valence electrons. The van der Waals surface area contributed by atoms with Gasteiger partial charge in [-0.1, -0.05) is 18.7 Å². The first-order valence-electron chi connectivity index (χ1n) is 7.18. The number of fused-ring (bicyclic) bond motifs is 1. The summed E-state index contributed by atoms with van der Waals surface area (Å²) in [6.45, 7) is 11.1. The van der Waals surface area contributed by atoms with Gasteiger partial charge in [-0.2, -0.15) is 0 Å². The Balaban J connectivity index is 2.86. The minimum absolute atomic E-state index is 0.0376. The normalized spacial score (nSPS) is 10.5. The Morgan fingerprint density at radius 1 is 1.26 bits per heavy atom. The van der Waals surface area contributed by atoms with E-state index in [9.17, 15) is 14.7 Å². The fraction of sp³-hybridized carbons (Fsp3) is 0.222. The van der Waals surface area contributed by atoms with Crippen molar-refractivity contribution in [2.45, 2.75) is 20.4 Å². The summed E-state index contributed by atoms with van der Waals surface area (Å²) in [5.41, 5.74) is 1.51. The molecule has 1 heterocycles. The van der Waals surface area contributed by atoms with E-state index in [1.165, 1.54) is 10.6 Å². The third kappa shape index (κ3) is 2.90. The zero-order chi connectivity index (χ0) is 17.1. The fourth-order valence-electron chi connectivity index (χ4n) is 2.40. The Morgan fingerprint density at radius 2 is 1.91 bits per heavy atom. The van der Waals surface area contributed by atoms with Crippen molar-refractivity contribution >= 4 is 16.9 Å². The van der Waals surface area contributed by atoms with Crippen LogP contribution in [0.3, 0.4) is 0 Å². The monoisotopic (exact) mass is 313 g/mol. The van der Waals surface area contributed by atoms with Gasteiger partial charge in [0.15, 0.2) is 5.56 Å². The van der Waals surface area contributed by atoms with Crippen LogP contribution in [-0.2, 0) is 11.3 Å². The standard InChI is InChI=1S/C18H19NO4/c1-5-7-19-14-10-12(4)11(3)9-13(14)16(20)15(17(19)21)18(22)23-8-6-2/h5-6,9-10,20H,1-2,7-8H2,3-4H3. The molecule has 0 aliphatic rings. The molecular formula is C18H19NO4. The van der Waals surface area contributed by atoms with Gasteiger partial charge in [-0.25, -0.2) is 4.79 Å². The predicted molar refractivity (Wildman–Crippen MR) is 90.0 cm³/mol. The molecule has 2 rings (SSSR count). The number of hydrogen-bond donors (Lipinski definition) is 1. The average Bonchev–Trinajstić information content (AvgIpc) is 2.51. The van der Waals surface area contributed by atoms with Crippen molar-refractivity contribution in [2.24, 2.45) is 0 Å². The molecule has 2 aromatic rings. The molecule has 5 nitrogen and oxygen atoms in total. The van der Waals surface area contributed by atoms with E-state index in [1.807, 2.05) is 19.9 Å². The van der Waals surface area contributed by atoms with E-state index in [1.54, 1.807) is 12.1 Å². The van der Waals surface area contributed by atoms with Gasteiger partial charge in [0, 0.05) is 11.9 Å². The quantitative estimate of drug-likeness (QED) is 0.681. The molecule has 1 aromatic heterocycles. The molecule has 0 saturated carbocycles. The van der Waals surface area contributed by atoms with Crippen molar-refractivity contribution in [1.29, 1.82) is 0 Å². The SMILES string of the molecule is C=CCOC(=O)c1c(O)c2cc(C)c(C)cc2n(CC=C)c1=O. The summed E-state index contributed by atoms with van der Waals surface area (Å²) >= 11 is 0. The van der Waals surface area contributed by atoms with Gasteiger partial charge in [0.1, 0.15) is 12.4 Å². The highest BCUT2D eigenvalue weighted by atomic mass is 16.5. The topological polar surface area (TPSA) is 68.5 Å². The van der Waals surface area contributed by atoms with Gasteiger partial charge in [0.05, 0.1) is 5.52 Å². The Hall–Kier alpha value is -2.82. The van der Waals surface area contributed by atoms with Crippen molar-refractivity contribution in [3.05, 3.63) is 64.5 Å². The maximum Gasteiger partial charge on any atom is 0.347 e. The van der Waals surface area contributed by atoms with E-state index in [-0.39, 0.29) is 24.5 Å². The van der Waals surface area contributed by atoms with Crippen molar-refractivity contribution in [3.8, 4) is 5.75 Å². The van der Waals surface area contributed by atoms with Crippen LogP contribution in [0, 0.1) is 13.8 Å². The van der Waals surface area contributed by atoms with Gasteiger partial charge in [-0.3, -0.25) is 4.79 Å². The van der Waals surface area contributed by atoms with E-state index < -0.39 is 11.5 Å². The third-order valence-corrected chi connectivity index (χ3v) is 3.70. The number of benzene rings is 1. The number of esters is 1. The van der Waals surface area contributed by atoms with Crippen LogP contribution in [0.25, 0.3) is 10.9 Å². The number of allylic oxidation sites excluding steroid dienone is 1. The number of carbonyl (C=O) groups excluding carboxylic acids is 1. The highest BCUT2D eigenvalue weighted by Crippen LogP contribution is 2.29. The lowest BCUT2D eigenvalue weighted by Crippen LogP contribution is -2.28. The zero-order valence-corrected chi connectivity index (χ0v) is 13.3. The van der Waals surface area contributed by atoms with E-state index in [4.69, 9.17) is 4.74 Å². The van der Waals surface area contributed by atoms with Crippen LogP contribution in [0.2, 0.25) is 0 Å². The molecule has 0 amide bonds. The summed E-state index contributed by atoms with van der Waals surface area (Å²) in [5, 5.41) is 10.9. The number of hydrogen-bond acceptors (Lipinski definition) is 4. The number of nitrogens with zero attached hydrogens (tertiary/aromatic N) is 1. The first-order valence-corrected chi connectivity index (χ1v) is 7.18. The van der Waals surface area contributed by atoms with Gasteiger partial charge >= 0.3 is 5.97 Å². The van der Waals surface area contributed by atoms with Crippen molar-refractivity contribution < 1.29 is 14.6 Å². The summed E-state index contributed by atoms with van der Waals surface area (Å²) in [5.74, 6) is -1.23. The Bertz CT molecular complexity index is 862. The third-order valence-electron chi connectivity index (χ3n) is 3.70. The number of aromatic nitrogens is 1. The van der Waals surface area contributed by atoms with Gasteiger partial charge in [0.2, 0.25) is 0 Å². The minimum Gasteiger partial charge on any atom is -0.506 e. The van der Waals surface area contributed by atoms with Crippen LogP contribution in [0.4, 0.5) is 0 Å². The molecule has 0 aliphatic carbocycles. The van der Waals surface area contributed by atoms with E-state index in [0.717, 1.165) is 11.1 Å².